The third-order valence-corrected chi connectivity index (χ3v) is 3.64. The molecule has 0 aromatic rings. The highest BCUT2D eigenvalue weighted by atomic mass is 16.5. The van der Waals surface area contributed by atoms with Crippen molar-refractivity contribution >= 4 is 0 Å². The first-order chi connectivity index (χ1) is 10.8. The minimum Gasteiger partial charge on any atom is -0.378 e. The van der Waals surface area contributed by atoms with E-state index in [-0.39, 0.29) is 0 Å². The molecule has 0 N–H and O–H groups in total. The van der Waals surface area contributed by atoms with E-state index in [9.17, 15) is 0 Å². The van der Waals surface area contributed by atoms with Crippen LogP contribution in [0.15, 0.2) is 0 Å². The molecule has 0 unspecified atom stereocenters. The molecule has 0 radical (unpaired) electrons. The summed E-state index contributed by atoms with van der Waals surface area (Å²) in [6.07, 6.45) is 4.87. The fourth-order valence-electron chi connectivity index (χ4n) is 2.65. The molecule has 0 aromatic carbocycles. The van der Waals surface area contributed by atoms with Crippen LogP contribution in [0.5, 0.6) is 0 Å². The van der Waals surface area contributed by atoms with Gasteiger partial charge in [-0.25, -0.2) is 0 Å². The molecule has 0 amide bonds. The molecule has 0 saturated heterocycles. The molecule has 0 heterocycles. The normalized spacial score (nSPS) is 11.7. The van der Waals surface area contributed by atoms with Gasteiger partial charge in [0, 0.05) is 13.1 Å². The Morgan fingerprint density at radius 1 is 0.455 bits per heavy atom. The van der Waals surface area contributed by atoms with Gasteiger partial charge in [-0.2, -0.15) is 0 Å². The van der Waals surface area contributed by atoms with E-state index in [2.05, 4.69) is 37.5 Å². The molecule has 134 valence electrons. The Labute approximate surface area is 139 Å². The molecule has 0 aliphatic carbocycles. The maximum Gasteiger partial charge on any atom is 0.0701 e. The largest absolute Gasteiger partial charge is 0.378 e. The average molecular weight is 317 g/mol. The van der Waals surface area contributed by atoms with Gasteiger partial charge in [0.1, 0.15) is 0 Å². The first-order valence-corrected chi connectivity index (χ1v) is 9.38. The van der Waals surface area contributed by atoms with Gasteiger partial charge in [-0.1, -0.05) is 27.7 Å². The zero-order chi connectivity index (χ0) is 16.5. The zero-order valence-corrected chi connectivity index (χ0v) is 15.6. The molecule has 0 bridgehead atoms. The number of rotatable bonds is 17. The first kappa shape index (κ1) is 21.8. The van der Waals surface area contributed by atoms with E-state index in [1.165, 1.54) is 51.9 Å². The van der Waals surface area contributed by atoms with E-state index in [0.29, 0.717) is 13.2 Å². The van der Waals surface area contributed by atoms with Crippen LogP contribution in [-0.2, 0) is 9.47 Å². The lowest BCUT2D eigenvalue weighted by Crippen LogP contribution is -2.30. The lowest BCUT2D eigenvalue weighted by molar-refractivity contribution is 0.0311. The highest BCUT2D eigenvalue weighted by Crippen LogP contribution is 1.95. The van der Waals surface area contributed by atoms with Gasteiger partial charge >= 0.3 is 0 Å². The van der Waals surface area contributed by atoms with Crippen LogP contribution < -0.4 is 0 Å². The Hall–Kier alpha value is -0.160. The molecule has 0 aromatic heterocycles. The molecule has 0 fully saturated rings. The molecule has 0 atom stereocenters. The summed E-state index contributed by atoms with van der Waals surface area (Å²) in [5.74, 6) is 0. The third-order valence-electron chi connectivity index (χ3n) is 3.64. The maximum atomic E-state index is 5.68. The fourth-order valence-corrected chi connectivity index (χ4v) is 2.65. The quantitative estimate of drug-likeness (QED) is 0.385. The fraction of sp³-hybridized carbons (Fsp3) is 1.00. The molecule has 4 nitrogen and oxygen atoms in total. The summed E-state index contributed by atoms with van der Waals surface area (Å²) in [6, 6.07) is 0. The van der Waals surface area contributed by atoms with Gasteiger partial charge in [0.2, 0.25) is 0 Å². The maximum absolute atomic E-state index is 5.68. The summed E-state index contributed by atoms with van der Waals surface area (Å²) in [5.41, 5.74) is 0. The Bertz CT molecular complexity index is 181. The summed E-state index contributed by atoms with van der Waals surface area (Å²) < 4.78 is 11.4. The molecule has 22 heavy (non-hydrogen) atoms. The minimum atomic E-state index is 0.716. The topological polar surface area (TPSA) is 24.9 Å². The van der Waals surface area contributed by atoms with Crippen molar-refractivity contribution in [3.8, 4) is 0 Å². The predicted molar refractivity (Wildman–Crippen MR) is 95.7 cm³/mol. The van der Waals surface area contributed by atoms with E-state index >= 15 is 0 Å². The summed E-state index contributed by atoms with van der Waals surface area (Å²) in [7, 11) is 0. The number of nitrogens with zero attached hydrogens (tertiary/aromatic N) is 2. The summed E-state index contributed by atoms with van der Waals surface area (Å²) in [6.45, 7) is 18.8. The Kier molecular flexibility index (Phi) is 17.1. The second-order valence-corrected chi connectivity index (χ2v) is 5.91. The Morgan fingerprint density at radius 3 is 1.05 bits per heavy atom. The van der Waals surface area contributed by atoms with Crippen molar-refractivity contribution in [1.29, 1.82) is 0 Å². The van der Waals surface area contributed by atoms with Crippen molar-refractivity contribution in [2.24, 2.45) is 0 Å². The molecule has 0 aliphatic heterocycles. The van der Waals surface area contributed by atoms with Crippen molar-refractivity contribution in [3.05, 3.63) is 0 Å². The standard InChI is InChI=1S/C18H40N2O2/c1-5-9-19(10-6-2)13-15-21-17-18-22-16-14-20(11-7-3)12-8-4/h5-18H2,1-4H3. The highest BCUT2D eigenvalue weighted by Gasteiger charge is 2.03. The molecule has 0 saturated carbocycles. The van der Waals surface area contributed by atoms with Gasteiger partial charge in [0.05, 0.1) is 26.4 Å². The van der Waals surface area contributed by atoms with Crippen molar-refractivity contribution < 1.29 is 9.47 Å². The van der Waals surface area contributed by atoms with Crippen LogP contribution in [0.3, 0.4) is 0 Å². The van der Waals surface area contributed by atoms with Crippen molar-refractivity contribution in [1.82, 2.24) is 9.80 Å². The van der Waals surface area contributed by atoms with E-state index in [4.69, 9.17) is 9.47 Å². The second-order valence-electron chi connectivity index (χ2n) is 5.91. The Morgan fingerprint density at radius 2 is 0.773 bits per heavy atom. The van der Waals surface area contributed by atoms with Gasteiger partial charge in [-0.3, -0.25) is 0 Å². The van der Waals surface area contributed by atoms with Gasteiger partial charge in [-0.15, -0.1) is 0 Å². The highest BCUT2D eigenvalue weighted by molar-refractivity contribution is 4.56. The van der Waals surface area contributed by atoms with Crippen LogP contribution in [0.2, 0.25) is 0 Å². The van der Waals surface area contributed by atoms with E-state index in [1.807, 2.05) is 0 Å². The van der Waals surface area contributed by atoms with Crippen LogP contribution in [0.25, 0.3) is 0 Å². The Balaban J connectivity index is 3.44. The van der Waals surface area contributed by atoms with Gasteiger partial charge in [0.15, 0.2) is 0 Å². The van der Waals surface area contributed by atoms with Crippen molar-refractivity contribution in [2.45, 2.75) is 53.4 Å². The van der Waals surface area contributed by atoms with Crippen LogP contribution >= 0.6 is 0 Å². The van der Waals surface area contributed by atoms with Crippen molar-refractivity contribution in [2.75, 3.05) is 65.7 Å². The van der Waals surface area contributed by atoms with E-state index < -0.39 is 0 Å². The molecular weight excluding hydrogens is 276 g/mol. The SMILES string of the molecule is CCCN(CCC)CCOCCOCCN(CCC)CCC. The second kappa shape index (κ2) is 17.2. The first-order valence-electron chi connectivity index (χ1n) is 9.38. The average Bonchev–Trinajstić information content (AvgIpc) is 2.50. The van der Waals surface area contributed by atoms with E-state index in [0.717, 1.165) is 26.3 Å². The van der Waals surface area contributed by atoms with Crippen LogP contribution in [0, 0.1) is 0 Å². The minimum absolute atomic E-state index is 0.716. The van der Waals surface area contributed by atoms with Crippen molar-refractivity contribution in [3.63, 3.8) is 0 Å². The smallest absolute Gasteiger partial charge is 0.0701 e. The predicted octanol–water partition coefficient (Wildman–Crippen LogP) is 3.26. The third kappa shape index (κ3) is 13.5. The monoisotopic (exact) mass is 316 g/mol. The number of hydrogen-bond acceptors (Lipinski definition) is 4. The molecular formula is C18H40N2O2. The molecule has 4 heteroatoms. The lowest BCUT2D eigenvalue weighted by atomic mass is 10.3. The number of hydrogen-bond donors (Lipinski definition) is 0. The summed E-state index contributed by atoms with van der Waals surface area (Å²) in [5, 5.41) is 0. The summed E-state index contributed by atoms with van der Waals surface area (Å²) >= 11 is 0. The number of ether oxygens (including phenoxy) is 2. The molecule has 0 spiro atoms. The van der Waals surface area contributed by atoms with Gasteiger partial charge < -0.3 is 19.3 Å². The lowest BCUT2D eigenvalue weighted by Gasteiger charge is -2.21. The molecule has 0 aliphatic rings. The zero-order valence-electron chi connectivity index (χ0n) is 15.6. The van der Waals surface area contributed by atoms with Crippen LogP contribution in [0.1, 0.15) is 53.4 Å². The molecule has 0 rings (SSSR count). The van der Waals surface area contributed by atoms with E-state index in [1.54, 1.807) is 0 Å². The van der Waals surface area contributed by atoms with Crippen LogP contribution in [0.4, 0.5) is 0 Å². The van der Waals surface area contributed by atoms with Crippen LogP contribution in [-0.4, -0.2) is 75.5 Å². The van der Waals surface area contributed by atoms with Gasteiger partial charge in [0.25, 0.3) is 0 Å². The summed E-state index contributed by atoms with van der Waals surface area (Å²) in [4.78, 5) is 4.96. The van der Waals surface area contributed by atoms with Gasteiger partial charge in [-0.05, 0) is 51.9 Å².